The van der Waals surface area contributed by atoms with Gasteiger partial charge in [-0.15, -0.1) is 0 Å². The number of aromatic nitrogens is 4. The lowest BCUT2D eigenvalue weighted by atomic mass is 9.92. The highest BCUT2D eigenvalue weighted by Gasteiger charge is 2.23. The van der Waals surface area contributed by atoms with Crippen LogP contribution in [0.25, 0.3) is 122 Å². The van der Waals surface area contributed by atoms with Crippen molar-refractivity contribution < 1.29 is 0 Å². The molecule has 0 aliphatic heterocycles. The Bertz CT molecular complexity index is 4110. The molecule has 4 heteroatoms. The number of hydrogen-bond acceptors (Lipinski definition) is 2. The summed E-state index contributed by atoms with van der Waals surface area (Å²) in [4.78, 5) is 10.1. The van der Waals surface area contributed by atoms with E-state index in [-0.39, 0.29) is 6.04 Å². The minimum atomic E-state index is 0.120. The molecule has 4 nitrogen and oxygen atoms in total. The van der Waals surface area contributed by atoms with Crippen LogP contribution < -0.4 is 0 Å². The molecular formula is C70H48N4. The predicted octanol–water partition coefficient (Wildman–Crippen LogP) is 18.3. The van der Waals surface area contributed by atoms with Gasteiger partial charge in [-0.3, -0.25) is 9.97 Å². The van der Waals surface area contributed by atoms with E-state index in [0.29, 0.717) is 0 Å². The third-order valence-corrected chi connectivity index (χ3v) is 15.0. The Hall–Kier alpha value is -9.64. The smallest absolute Gasteiger partial charge is 0.0781 e. The quantitative estimate of drug-likeness (QED) is 0.145. The third kappa shape index (κ3) is 7.55. The Labute approximate surface area is 430 Å². The van der Waals surface area contributed by atoms with E-state index < -0.39 is 0 Å². The van der Waals surface area contributed by atoms with Crippen molar-refractivity contribution in [1.29, 1.82) is 0 Å². The molecule has 4 heterocycles. The summed E-state index contributed by atoms with van der Waals surface area (Å²) in [5.74, 6) is 0. The second kappa shape index (κ2) is 18.2. The first-order valence-corrected chi connectivity index (χ1v) is 25.5. The summed E-state index contributed by atoms with van der Waals surface area (Å²) < 4.78 is 4.93. The molecule has 0 spiro atoms. The molecule has 74 heavy (non-hydrogen) atoms. The van der Waals surface area contributed by atoms with Crippen LogP contribution in [0.2, 0.25) is 0 Å². The maximum absolute atomic E-state index is 5.08. The Morgan fingerprint density at radius 1 is 0.338 bits per heavy atom. The predicted molar refractivity (Wildman–Crippen MR) is 309 cm³/mol. The van der Waals surface area contributed by atoms with Gasteiger partial charge in [0.05, 0.1) is 28.5 Å². The molecule has 0 fully saturated rings. The highest BCUT2D eigenvalue weighted by molar-refractivity contribution is 6.12. The fourth-order valence-corrected chi connectivity index (χ4v) is 11.4. The number of hydrogen-bond donors (Lipinski definition) is 0. The second-order valence-electron chi connectivity index (χ2n) is 19.3. The molecule has 0 saturated carbocycles. The van der Waals surface area contributed by atoms with Crippen LogP contribution in [0.4, 0.5) is 0 Å². The monoisotopic (exact) mass is 944 g/mol. The molecule has 9 aromatic carbocycles. The SMILES string of the molecule is C1=CC(n2c3ccc(-c4ccccc4)cc3c3cc(-c4ccccc4)ccc32)CC=C1c1ncccc1-c1cccnc1-c1ccc(-n2c3ccc(-c4ccccc4)cc3c3cc(-c4ccccc4)ccc32)cc1. The minimum absolute atomic E-state index is 0.120. The zero-order chi connectivity index (χ0) is 49.0. The van der Waals surface area contributed by atoms with Crippen LogP contribution >= 0.6 is 0 Å². The normalized spacial score (nSPS) is 13.5. The maximum Gasteiger partial charge on any atom is 0.0781 e. The van der Waals surface area contributed by atoms with Crippen LogP contribution in [0.15, 0.2) is 273 Å². The lowest BCUT2D eigenvalue weighted by Crippen LogP contribution is -2.08. The maximum atomic E-state index is 5.08. The third-order valence-electron chi connectivity index (χ3n) is 15.0. The minimum Gasteiger partial charge on any atom is -0.333 e. The molecule has 0 amide bonds. The molecule has 0 bridgehead atoms. The number of pyridine rings is 2. The topological polar surface area (TPSA) is 35.6 Å². The molecule has 1 aliphatic carbocycles. The Balaban J connectivity index is 0.806. The molecule has 14 rings (SSSR count). The number of nitrogens with zero attached hydrogens (tertiary/aromatic N) is 4. The van der Waals surface area contributed by atoms with Crippen molar-refractivity contribution in [3.8, 4) is 72.6 Å². The highest BCUT2D eigenvalue weighted by Crippen LogP contribution is 2.43. The molecule has 13 aromatic rings. The van der Waals surface area contributed by atoms with Gasteiger partial charge < -0.3 is 9.13 Å². The van der Waals surface area contributed by atoms with E-state index in [1.807, 2.05) is 24.5 Å². The number of benzene rings is 9. The molecule has 0 radical (unpaired) electrons. The summed E-state index contributed by atoms with van der Waals surface area (Å²) in [5.41, 5.74) is 21.7. The van der Waals surface area contributed by atoms with Crippen molar-refractivity contribution in [3.05, 3.63) is 279 Å². The van der Waals surface area contributed by atoms with Gasteiger partial charge in [-0.05, 0) is 129 Å². The zero-order valence-electron chi connectivity index (χ0n) is 40.6. The molecule has 1 unspecified atom stereocenters. The van der Waals surface area contributed by atoms with Crippen molar-refractivity contribution in [1.82, 2.24) is 19.1 Å². The fraction of sp³-hybridized carbons (Fsp3) is 0.0286. The Morgan fingerprint density at radius 2 is 0.730 bits per heavy atom. The summed E-state index contributed by atoms with van der Waals surface area (Å²) in [6, 6.07) is 87.8. The van der Waals surface area contributed by atoms with E-state index in [1.165, 1.54) is 88.1 Å². The van der Waals surface area contributed by atoms with Gasteiger partial charge in [-0.1, -0.05) is 188 Å². The standard InChI is InChI=1S/C70H48N4/c1-5-15-47(16-6-1)53-29-37-65-61(43-53)62-44-54(48-17-7-2-8-18-48)30-38-66(62)73(65)57-33-25-51(26-34-57)69-59(23-13-41-71-69)60-24-14-42-72-70(60)52-27-35-58(36-28-52)74-67-39-31-55(49-19-9-3-10-20-49)45-63(67)64-46-56(32-40-68(64)74)50-21-11-4-12-22-50/h1-35,37-46,58H,36H2. The summed E-state index contributed by atoms with van der Waals surface area (Å²) in [5, 5.41) is 4.97. The molecule has 4 aromatic heterocycles. The van der Waals surface area contributed by atoms with E-state index in [1.54, 1.807) is 0 Å². The lowest BCUT2D eigenvalue weighted by molar-refractivity contribution is 0.649. The van der Waals surface area contributed by atoms with Crippen LogP contribution in [-0.2, 0) is 0 Å². The van der Waals surface area contributed by atoms with Gasteiger partial charge in [0.2, 0.25) is 0 Å². The van der Waals surface area contributed by atoms with Crippen LogP contribution in [0.3, 0.4) is 0 Å². The van der Waals surface area contributed by atoms with E-state index in [2.05, 4.69) is 258 Å². The van der Waals surface area contributed by atoms with E-state index >= 15 is 0 Å². The average Bonchev–Trinajstić information content (AvgIpc) is 4.00. The van der Waals surface area contributed by atoms with Crippen LogP contribution in [0.5, 0.6) is 0 Å². The highest BCUT2D eigenvalue weighted by atomic mass is 15.0. The Morgan fingerprint density at radius 3 is 1.16 bits per heavy atom. The summed E-state index contributed by atoms with van der Waals surface area (Å²) in [6.07, 6.45) is 11.6. The molecule has 1 atom stereocenters. The first-order valence-electron chi connectivity index (χ1n) is 25.5. The van der Waals surface area contributed by atoms with Crippen LogP contribution in [0.1, 0.15) is 18.2 Å². The zero-order valence-corrected chi connectivity index (χ0v) is 40.6. The number of rotatable bonds is 9. The summed E-state index contributed by atoms with van der Waals surface area (Å²) in [6.45, 7) is 0. The molecule has 348 valence electrons. The van der Waals surface area contributed by atoms with Gasteiger partial charge in [0, 0.05) is 67.3 Å². The summed E-state index contributed by atoms with van der Waals surface area (Å²) in [7, 11) is 0. The molecule has 0 N–H and O–H groups in total. The van der Waals surface area contributed by atoms with Crippen molar-refractivity contribution in [3.63, 3.8) is 0 Å². The van der Waals surface area contributed by atoms with Gasteiger partial charge in [0.1, 0.15) is 0 Å². The van der Waals surface area contributed by atoms with Crippen molar-refractivity contribution in [2.45, 2.75) is 12.5 Å². The van der Waals surface area contributed by atoms with Crippen molar-refractivity contribution in [2.75, 3.05) is 0 Å². The lowest BCUT2D eigenvalue weighted by Gasteiger charge is -2.22. The van der Waals surface area contributed by atoms with Crippen LogP contribution in [-0.4, -0.2) is 19.1 Å². The Kier molecular flexibility index (Phi) is 10.6. The largest absolute Gasteiger partial charge is 0.333 e. The first-order chi connectivity index (χ1) is 36.7. The van der Waals surface area contributed by atoms with Gasteiger partial charge in [0.15, 0.2) is 0 Å². The number of allylic oxidation sites excluding steroid dienone is 4. The molecule has 0 saturated heterocycles. The molecule has 1 aliphatic rings. The summed E-state index contributed by atoms with van der Waals surface area (Å²) >= 11 is 0. The van der Waals surface area contributed by atoms with Gasteiger partial charge in [-0.25, -0.2) is 0 Å². The van der Waals surface area contributed by atoms with E-state index in [4.69, 9.17) is 9.97 Å². The van der Waals surface area contributed by atoms with Gasteiger partial charge >= 0.3 is 0 Å². The van der Waals surface area contributed by atoms with Crippen molar-refractivity contribution >= 4 is 49.2 Å². The average molecular weight is 945 g/mol. The fourth-order valence-electron chi connectivity index (χ4n) is 11.4. The van der Waals surface area contributed by atoms with Gasteiger partial charge in [0.25, 0.3) is 0 Å². The molecular weight excluding hydrogens is 897 g/mol. The van der Waals surface area contributed by atoms with Gasteiger partial charge in [-0.2, -0.15) is 0 Å². The second-order valence-corrected chi connectivity index (χ2v) is 19.3. The van der Waals surface area contributed by atoms with E-state index in [0.717, 1.165) is 45.8 Å². The number of fused-ring (bicyclic) bond motifs is 6. The first kappa shape index (κ1) is 43.2. The van der Waals surface area contributed by atoms with Crippen LogP contribution in [0, 0.1) is 0 Å². The van der Waals surface area contributed by atoms with E-state index in [9.17, 15) is 0 Å². The van der Waals surface area contributed by atoms with Crippen molar-refractivity contribution in [2.24, 2.45) is 0 Å².